The first-order valence-corrected chi connectivity index (χ1v) is 7.74. The second-order valence-corrected chi connectivity index (χ2v) is 5.90. The number of hydrogen-bond donors (Lipinski definition) is 1. The molecular weight excluding hydrogens is 323 g/mol. The van der Waals surface area contributed by atoms with E-state index in [9.17, 15) is 4.79 Å². The fraction of sp³-hybridized carbons (Fsp3) is 0.267. The number of aromatic nitrogens is 2. The zero-order valence-corrected chi connectivity index (χ0v) is 13.2. The average molecular weight is 337 g/mol. The number of anilines is 2. The molecule has 1 fully saturated rings. The number of carbonyl (C=O) groups is 1. The van der Waals surface area contributed by atoms with Gasteiger partial charge < -0.3 is 10.2 Å². The van der Waals surface area contributed by atoms with Crippen molar-refractivity contribution in [2.24, 2.45) is 0 Å². The predicted molar refractivity (Wildman–Crippen MR) is 86.9 cm³/mol. The van der Waals surface area contributed by atoms with E-state index in [2.05, 4.69) is 15.5 Å². The Labute approximate surface area is 138 Å². The predicted octanol–water partition coefficient (Wildman–Crippen LogP) is 3.76. The van der Waals surface area contributed by atoms with Crippen LogP contribution >= 0.6 is 23.2 Å². The van der Waals surface area contributed by atoms with E-state index in [0.717, 1.165) is 25.9 Å². The van der Waals surface area contributed by atoms with Crippen LogP contribution in [0.2, 0.25) is 10.0 Å². The highest BCUT2D eigenvalue weighted by Crippen LogP contribution is 2.27. The van der Waals surface area contributed by atoms with Gasteiger partial charge in [0.2, 0.25) is 0 Å². The van der Waals surface area contributed by atoms with E-state index in [1.165, 1.54) is 0 Å². The second-order valence-electron chi connectivity index (χ2n) is 5.05. The van der Waals surface area contributed by atoms with Gasteiger partial charge in [-0.15, -0.1) is 10.2 Å². The summed E-state index contributed by atoms with van der Waals surface area (Å²) in [5, 5.41) is 12.2. The van der Waals surface area contributed by atoms with E-state index in [1.807, 2.05) is 0 Å². The Hall–Kier alpha value is -1.85. The molecule has 0 radical (unpaired) electrons. The lowest BCUT2D eigenvalue weighted by atomic mass is 10.3. The van der Waals surface area contributed by atoms with E-state index < -0.39 is 0 Å². The number of halogens is 2. The summed E-state index contributed by atoms with van der Waals surface area (Å²) >= 11 is 12.0. The molecule has 1 N–H and O–H groups in total. The van der Waals surface area contributed by atoms with Gasteiger partial charge >= 0.3 is 0 Å². The molecule has 0 atom stereocenters. The number of benzene rings is 1. The van der Waals surface area contributed by atoms with Gasteiger partial charge in [0.05, 0.1) is 10.7 Å². The molecule has 1 aliphatic heterocycles. The van der Waals surface area contributed by atoms with Crippen LogP contribution in [0.4, 0.5) is 11.5 Å². The number of hydrogen-bond acceptors (Lipinski definition) is 4. The van der Waals surface area contributed by atoms with E-state index >= 15 is 0 Å². The number of nitrogens with one attached hydrogen (secondary N) is 1. The number of likely N-dealkylation sites (tertiary alicyclic amines) is 1. The minimum atomic E-state index is -0.0719. The van der Waals surface area contributed by atoms with Gasteiger partial charge in [-0.3, -0.25) is 4.79 Å². The van der Waals surface area contributed by atoms with Gasteiger partial charge in [-0.2, -0.15) is 0 Å². The van der Waals surface area contributed by atoms with Gasteiger partial charge in [-0.25, -0.2) is 0 Å². The Balaban J connectivity index is 1.74. The molecule has 1 saturated heterocycles. The average Bonchev–Trinajstić information content (AvgIpc) is 3.05. The van der Waals surface area contributed by atoms with Gasteiger partial charge in [0.25, 0.3) is 5.91 Å². The smallest absolute Gasteiger partial charge is 0.274 e. The fourth-order valence-electron chi connectivity index (χ4n) is 2.33. The van der Waals surface area contributed by atoms with Crippen LogP contribution in [-0.2, 0) is 0 Å². The molecule has 114 valence electrons. The largest absolute Gasteiger partial charge is 0.337 e. The lowest BCUT2D eigenvalue weighted by Gasteiger charge is -2.14. The molecular formula is C15H14Cl2N4O. The summed E-state index contributed by atoms with van der Waals surface area (Å²) in [5.41, 5.74) is 0.992. The van der Waals surface area contributed by atoms with Crippen LogP contribution in [0.25, 0.3) is 0 Å². The van der Waals surface area contributed by atoms with Crippen LogP contribution in [-0.4, -0.2) is 34.1 Å². The molecule has 0 aliphatic carbocycles. The van der Waals surface area contributed by atoms with E-state index in [4.69, 9.17) is 23.2 Å². The summed E-state index contributed by atoms with van der Waals surface area (Å²) in [7, 11) is 0. The first kappa shape index (κ1) is 15.1. The Morgan fingerprint density at radius 1 is 1.09 bits per heavy atom. The summed E-state index contributed by atoms with van der Waals surface area (Å²) in [5.74, 6) is 0.430. The third kappa shape index (κ3) is 3.31. The van der Waals surface area contributed by atoms with Crippen LogP contribution in [0, 0.1) is 0 Å². The van der Waals surface area contributed by atoms with Crippen molar-refractivity contribution in [2.75, 3.05) is 18.4 Å². The molecule has 22 heavy (non-hydrogen) atoms. The minimum Gasteiger partial charge on any atom is -0.337 e. The number of carbonyl (C=O) groups excluding carboxylic acids is 1. The first-order valence-electron chi connectivity index (χ1n) is 6.98. The van der Waals surface area contributed by atoms with Crippen LogP contribution < -0.4 is 5.32 Å². The maximum Gasteiger partial charge on any atom is 0.274 e. The second kappa shape index (κ2) is 6.50. The van der Waals surface area contributed by atoms with Crippen LogP contribution in [0.5, 0.6) is 0 Å². The van der Waals surface area contributed by atoms with Crippen molar-refractivity contribution in [2.45, 2.75) is 12.8 Å². The molecule has 0 saturated carbocycles. The van der Waals surface area contributed by atoms with Gasteiger partial charge in [-0.1, -0.05) is 23.2 Å². The van der Waals surface area contributed by atoms with Gasteiger partial charge in [-0.05, 0) is 43.2 Å². The minimum absolute atomic E-state index is 0.0719. The molecule has 5 nitrogen and oxygen atoms in total. The van der Waals surface area contributed by atoms with Gasteiger partial charge in [0.15, 0.2) is 11.5 Å². The molecule has 0 bridgehead atoms. The van der Waals surface area contributed by atoms with E-state index in [0.29, 0.717) is 27.2 Å². The Kier molecular flexibility index (Phi) is 4.45. The Bertz CT molecular complexity index is 684. The van der Waals surface area contributed by atoms with Crippen molar-refractivity contribution < 1.29 is 4.79 Å². The van der Waals surface area contributed by atoms with Crippen LogP contribution in [0.1, 0.15) is 23.3 Å². The van der Waals surface area contributed by atoms with E-state index in [-0.39, 0.29) is 5.91 Å². The zero-order valence-electron chi connectivity index (χ0n) is 11.7. The van der Waals surface area contributed by atoms with Crippen molar-refractivity contribution >= 4 is 40.6 Å². The standard InChI is InChI=1S/C15H14Cl2N4O/c16-10-3-4-11(17)13(9-10)18-14-6-5-12(19-20-14)15(22)21-7-1-2-8-21/h3-6,9H,1-2,7-8H2,(H,18,20). The number of rotatable bonds is 3. The molecule has 1 aromatic heterocycles. The third-order valence-electron chi connectivity index (χ3n) is 3.47. The number of amides is 1. The zero-order chi connectivity index (χ0) is 15.5. The lowest BCUT2D eigenvalue weighted by molar-refractivity contribution is 0.0786. The molecule has 2 aromatic rings. The maximum atomic E-state index is 12.2. The summed E-state index contributed by atoms with van der Waals surface area (Å²) in [6.07, 6.45) is 2.10. The highest BCUT2D eigenvalue weighted by Gasteiger charge is 2.20. The van der Waals surface area contributed by atoms with Crippen molar-refractivity contribution in [1.29, 1.82) is 0 Å². The molecule has 0 unspecified atom stereocenters. The normalized spacial score (nSPS) is 14.2. The quantitative estimate of drug-likeness (QED) is 0.926. The third-order valence-corrected chi connectivity index (χ3v) is 4.03. The first-order chi connectivity index (χ1) is 10.6. The number of nitrogens with zero attached hydrogens (tertiary/aromatic N) is 3. The van der Waals surface area contributed by atoms with Crippen LogP contribution in [0.15, 0.2) is 30.3 Å². The lowest BCUT2D eigenvalue weighted by Crippen LogP contribution is -2.28. The topological polar surface area (TPSA) is 58.1 Å². The molecule has 3 rings (SSSR count). The summed E-state index contributed by atoms with van der Waals surface area (Å²) < 4.78 is 0. The molecule has 2 heterocycles. The fourth-order valence-corrected chi connectivity index (χ4v) is 2.66. The van der Waals surface area contributed by atoms with E-state index in [1.54, 1.807) is 35.2 Å². The van der Waals surface area contributed by atoms with Gasteiger partial charge in [0, 0.05) is 18.1 Å². The van der Waals surface area contributed by atoms with Crippen molar-refractivity contribution in [1.82, 2.24) is 15.1 Å². The summed E-state index contributed by atoms with van der Waals surface area (Å²) in [4.78, 5) is 14.0. The summed E-state index contributed by atoms with van der Waals surface area (Å²) in [6, 6.07) is 8.47. The van der Waals surface area contributed by atoms with Gasteiger partial charge in [0.1, 0.15) is 0 Å². The molecule has 7 heteroatoms. The monoisotopic (exact) mass is 336 g/mol. The Morgan fingerprint density at radius 3 is 2.55 bits per heavy atom. The maximum absolute atomic E-state index is 12.2. The van der Waals surface area contributed by atoms with Crippen LogP contribution in [0.3, 0.4) is 0 Å². The van der Waals surface area contributed by atoms with Crippen molar-refractivity contribution in [3.8, 4) is 0 Å². The Morgan fingerprint density at radius 2 is 1.86 bits per heavy atom. The SMILES string of the molecule is O=C(c1ccc(Nc2cc(Cl)ccc2Cl)nn1)N1CCCC1. The molecule has 1 amide bonds. The molecule has 1 aliphatic rings. The highest BCUT2D eigenvalue weighted by molar-refractivity contribution is 6.35. The van der Waals surface area contributed by atoms with Crippen molar-refractivity contribution in [3.05, 3.63) is 46.1 Å². The highest BCUT2D eigenvalue weighted by atomic mass is 35.5. The summed E-state index contributed by atoms with van der Waals surface area (Å²) in [6.45, 7) is 1.58. The molecule has 1 aromatic carbocycles. The molecule has 0 spiro atoms. The van der Waals surface area contributed by atoms with Crippen molar-refractivity contribution in [3.63, 3.8) is 0 Å².